The average Bonchev–Trinajstić information content (AvgIpc) is 3.41. The number of carbonyl (C=O) groups is 4. The van der Waals surface area contributed by atoms with Gasteiger partial charge in [0.1, 0.15) is 37.1 Å². The molecular formula is C55H52O15. The van der Waals surface area contributed by atoms with Gasteiger partial charge >= 0.3 is 23.9 Å². The molecule has 15 heteroatoms. The van der Waals surface area contributed by atoms with Crippen LogP contribution in [0.2, 0.25) is 0 Å². The van der Waals surface area contributed by atoms with Gasteiger partial charge in [-0.15, -0.1) is 0 Å². The first-order valence-corrected chi connectivity index (χ1v) is 22.7. The Morgan fingerprint density at radius 2 is 0.800 bits per heavy atom. The number of rotatable bonds is 19. The summed E-state index contributed by atoms with van der Waals surface area (Å²) in [6.45, 7) is -0.787. The maximum absolute atomic E-state index is 14.1. The molecule has 15 nitrogen and oxygen atoms in total. The smallest absolute Gasteiger partial charge is 0.338 e. The molecule has 2 aliphatic rings. The zero-order valence-electron chi connectivity index (χ0n) is 38.1. The van der Waals surface area contributed by atoms with Crippen LogP contribution in [0.1, 0.15) is 52.6 Å². The minimum Gasteiger partial charge on any atom is -0.459 e. The van der Waals surface area contributed by atoms with E-state index in [0.29, 0.717) is 0 Å². The number of benzene rings is 6. The molecular weight excluding hydrogens is 901 g/mol. The molecule has 0 aliphatic carbocycles. The van der Waals surface area contributed by atoms with Gasteiger partial charge in [-0.25, -0.2) is 19.2 Å². The van der Waals surface area contributed by atoms with Crippen molar-refractivity contribution in [1.29, 1.82) is 0 Å². The van der Waals surface area contributed by atoms with E-state index >= 15 is 0 Å². The van der Waals surface area contributed by atoms with Crippen LogP contribution >= 0.6 is 0 Å². The number of hydrogen-bond donors (Lipinski definition) is 1. The minimum absolute atomic E-state index is 0.0992. The van der Waals surface area contributed by atoms with Crippen molar-refractivity contribution in [2.24, 2.45) is 0 Å². The van der Waals surface area contributed by atoms with Gasteiger partial charge < -0.3 is 52.5 Å². The molecule has 0 amide bonds. The van der Waals surface area contributed by atoms with Gasteiger partial charge in [-0.1, -0.05) is 133 Å². The lowest BCUT2D eigenvalue weighted by molar-refractivity contribution is -0.335. The van der Waals surface area contributed by atoms with E-state index in [4.69, 9.17) is 47.4 Å². The zero-order chi connectivity index (χ0) is 48.7. The summed E-state index contributed by atoms with van der Waals surface area (Å²) in [4.78, 5) is 55.6. The number of hydrogen-bond acceptors (Lipinski definition) is 15. The molecule has 0 radical (unpaired) electrons. The van der Waals surface area contributed by atoms with Crippen LogP contribution in [0.25, 0.3) is 0 Å². The second-order valence-corrected chi connectivity index (χ2v) is 16.3. The highest BCUT2D eigenvalue weighted by Crippen LogP contribution is 2.34. The molecule has 10 atom stereocenters. The van der Waals surface area contributed by atoms with Crippen molar-refractivity contribution in [3.63, 3.8) is 0 Å². The molecule has 6 aromatic carbocycles. The molecule has 1 unspecified atom stereocenters. The Labute approximate surface area is 404 Å². The normalized spacial score (nSPS) is 24.1. The van der Waals surface area contributed by atoms with Crippen LogP contribution in [0, 0.1) is 0 Å². The maximum atomic E-state index is 14.1. The van der Waals surface area contributed by atoms with E-state index in [1.54, 1.807) is 84.9 Å². The largest absolute Gasteiger partial charge is 0.459 e. The number of methoxy groups -OCH3 is 1. The lowest BCUT2D eigenvalue weighted by Gasteiger charge is -2.46. The Bertz CT molecular complexity index is 2570. The second-order valence-electron chi connectivity index (χ2n) is 16.3. The third-order valence-electron chi connectivity index (χ3n) is 11.6. The first-order chi connectivity index (χ1) is 34.2. The van der Waals surface area contributed by atoms with Crippen molar-refractivity contribution in [2.45, 2.75) is 74.6 Å². The molecule has 2 heterocycles. The van der Waals surface area contributed by atoms with E-state index in [-0.39, 0.29) is 35.5 Å². The molecule has 0 spiro atoms. The summed E-state index contributed by atoms with van der Waals surface area (Å²) in [5.41, 5.74) is 2.30. The summed E-state index contributed by atoms with van der Waals surface area (Å²) < 4.78 is 62.2. The fraction of sp³-hybridized carbons (Fsp3) is 0.273. The third kappa shape index (κ3) is 12.8. The number of ether oxygens (including phenoxy) is 10. The summed E-state index contributed by atoms with van der Waals surface area (Å²) in [7, 11) is 1.43. The number of carbonyl (C=O) groups excluding carboxylic acids is 4. The minimum atomic E-state index is -1.68. The first-order valence-electron chi connectivity index (χ1n) is 22.7. The van der Waals surface area contributed by atoms with Crippen molar-refractivity contribution in [2.75, 3.05) is 20.3 Å². The Morgan fingerprint density at radius 3 is 1.26 bits per heavy atom. The van der Waals surface area contributed by atoms with Crippen LogP contribution in [-0.2, 0) is 60.6 Å². The Morgan fingerprint density at radius 1 is 0.414 bits per heavy atom. The van der Waals surface area contributed by atoms with Crippen LogP contribution < -0.4 is 0 Å². The third-order valence-corrected chi connectivity index (χ3v) is 11.6. The second kappa shape index (κ2) is 24.5. The van der Waals surface area contributed by atoms with Crippen LogP contribution in [0.15, 0.2) is 182 Å². The molecule has 1 N–H and O–H groups in total. The SMILES string of the molecule is CO[C@H]1O[C@H](COC2O[C@H](COC(=O)c3ccccc3)[C@@H](OC(=O)c3ccccc3)[C@H](OC(=O)c3ccccc3)[C@H]2OC(=O)c2ccccc2)[C@@H](O)[C@H](OCc2ccccc2)[C@H]1OCc1ccccc1. The average molecular weight is 953 g/mol. The van der Waals surface area contributed by atoms with E-state index < -0.39 is 98.5 Å². The van der Waals surface area contributed by atoms with E-state index in [2.05, 4.69) is 0 Å². The number of aliphatic hydroxyl groups is 1. The summed E-state index contributed by atoms with van der Waals surface area (Å²) in [6, 6.07) is 51.1. The lowest BCUT2D eigenvalue weighted by Crippen LogP contribution is -2.64. The van der Waals surface area contributed by atoms with E-state index in [0.717, 1.165) is 11.1 Å². The standard InChI is InChI=1S/C55H52O15/c1-61-54-48(63-33-37-22-10-3-11-23-37)46(62-32-36-20-8-2-9-21-36)44(56)42(66-54)34-65-55-49(70-53(60)41-30-18-7-19-31-41)47(69-52(59)40-28-16-6-17-29-40)45(68-51(58)39-26-14-5-15-27-39)43(67-55)35-64-50(57)38-24-12-4-13-25-38/h2-31,42-49,54-56H,32-35H2,1H3/t42-,43-,44-,45-,46+,47+,48-,49-,54+,55?/m1/s1. The molecule has 2 saturated heterocycles. The predicted octanol–water partition coefficient (Wildman–Crippen LogP) is 7.16. The summed E-state index contributed by atoms with van der Waals surface area (Å²) in [5, 5.41) is 12.2. The van der Waals surface area contributed by atoms with Gasteiger partial charge in [-0.05, 0) is 59.7 Å². The van der Waals surface area contributed by atoms with Crippen molar-refractivity contribution < 1.29 is 71.7 Å². The Hall–Kier alpha value is -7.08. The van der Waals surface area contributed by atoms with Crippen LogP contribution in [-0.4, -0.2) is 111 Å². The van der Waals surface area contributed by atoms with Gasteiger partial charge in [0.05, 0.1) is 42.1 Å². The van der Waals surface area contributed by atoms with Gasteiger partial charge in [-0.2, -0.15) is 0 Å². The van der Waals surface area contributed by atoms with Gasteiger partial charge in [0.25, 0.3) is 0 Å². The topological polar surface area (TPSA) is 181 Å². The molecule has 0 bridgehead atoms. The zero-order valence-corrected chi connectivity index (χ0v) is 38.1. The summed E-state index contributed by atoms with van der Waals surface area (Å²) in [5.74, 6) is -3.33. The van der Waals surface area contributed by atoms with Crippen molar-refractivity contribution in [3.8, 4) is 0 Å². The van der Waals surface area contributed by atoms with Gasteiger partial charge in [0.15, 0.2) is 30.9 Å². The highest BCUT2D eigenvalue weighted by molar-refractivity contribution is 5.91. The van der Waals surface area contributed by atoms with Crippen LogP contribution in [0.3, 0.4) is 0 Å². The Balaban J connectivity index is 1.14. The fourth-order valence-electron chi connectivity index (χ4n) is 7.97. The fourth-order valence-corrected chi connectivity index (χ4v) is 7.97. The number of esters is 4. The lowest BCUT2D eigenvalue weighted by atomic mass is 9.97. The molecule has 362 valence electrons. The number of aliphatic hydroxyl groups excluding tert-OH is 1. The molecule has 2 fully saturated rings. The van der Waals surface area contributed by atoms with Gasteiger partial charge in [0.2, 0.25) is 0 Å². The monoisotopic (exact) mass is 952 g/mol. The molecule has 0 saturated carbocycles. The highest BCUT2D eigenvalue weighted by Gasteiger charge is 2.55. The first kappa shape index (κ1) is 49.3. The quantitative estimate of drug-likeness (QED) is 0.0638. The van der Waals surface area contributed by atoms with E-state index in [1.165, 1.54) is 43.5 Å². The van der Waals surface area contributed by atoms with Crippen LogP contribution in [0.5, 0.6) is 0 Å². The summed E-state index contributed by atoms with van der Waals surface area (Å²) >= 11 is 0. The molecule has 2 aliphatic heterocycles. The van der Waals surface area contributed by atoms with E-state index in [9.17, 15) is 24.3 Å². The van der Waals surface area contributed by atoms with Crippen molar-refractivity contribution in [3.05, 3.63) is 215 Å². The Kier molecular flexibility index (Phi) is 17.2. The van der Waals surface area contributed by atoms with Crippen molar-refractivity contribution >= 4 is 23.9 Å². The van der Waals surface area contributed by atoms with Gasteiger partial charge in [-0.3, -0.25) is 0 Å². The van der Waals surface area contributed by atoms with Crippen LogP contribution in [0.4, 0.5) is 0 Å². The maximum Gasteiger partial charge on any atom is 0.338 e. The highest BCUT2D eigenvalue weighted by atomic mass is 16.8. The molecule has 6 aromatic rings. The van der Waals surface area contributed by atoms with Gasteiger partial charge in [0, 0.05) is 7.11 Å². The van der Waals surface area contributed by atoms with Crippen molar-refractivity contribution in [1.82, 2.24) is 0 Å². The van der Waals surface area contributed by atoms with E-state index in [1.807, 2.05) is 60.7 Å². The summed E-state index contributed by atoms with van der Waals surface area (Å²) in [6.07, 6.45) is -13.7. The molecule has 8 rings (SSSR count). The molecule has 70 heavy (non-hydrogen) atoms. The predicted molar refractivity (Wildman–Crippen MR) is 250 cm³/mol. The molecule has 0 aromatic heterocycles.